The van der Waals surface area contributed by atoms with Crippen molar-refractivity contribution in [2.75, 3.05) is 0 Å². The Balaban J connectivity index is 1.98. The van der Waals surface area contributed by atoms with Gasteiger partial charge < -0.3 is 10.5 Å². The van der Waals surface area contributed by atoms with Crippen molar-refractivity contribution in [3.8, 4) is 5.75 Å². The molecule has 0 spiro atoms. The van der Waals surface area contributed by atoms with Gasteiger partial charge in [-0.25, -0.2) is 0 Å². The van der Waals surface area contributed by atoms with Gasteiger partial charge in [-0.05, 0) is 37.2 Å². The van der Waals surface area contributed by atoms with Crippen molar-refractivity contribution in [1.82, 2.24) is 4.98 Å². The molecule has 0 saturated heterocycles. The van der Waals surface area contributed by atoms with Gasteiger partial charge in [0.1, 0.15) is 5.75 Å². The van der Waals surface area contributed by atoms with Crippen molar-refractivity contribution in [2.45, 2.75) is 52.2 Å². The van der Waals surface area contributed by atoms with Crippen LogP contribution in [-0.2, 0) is 6.54 Å². The monoisotopic (exact) mass is 234 g/mol. The second-order valence-corrected chi connectivity index (χ2v) is 5.67. The normalized spacial score (nSPS) is 20.2. The highest BCUT2D eigenvalue weighted by molar-refractivity contribution is 5.29. The topological polar surface area (TPSA) is 48.1 Å². The molecular formula is C14H22N2O. The standard InChI is InChI=1S/C14H22N2O/c1-14(2)6-3-12(4-7-14)17-13-10-16-8-5-11(13)9-15/h5,8,10,12H,3-4,6-7,9,15H2,1-2H3. The molecule has 17 heavy (non-hydrogen) atoms. The summed E-state index contributed by atoms with van der Waals surface area (Å²) in [5, 5.41) is 0. The molecule has 0 unspecified atom stereocenters. The molecule has 3 heteroatoms. The van der Waals surface area contributed by atoms with Gasteiger partial charge in [-0.1, -0.05) is 13.8 Å². The van der Waals surface area contributed by atoms with E-state index in [1.807, 2.05) is 6.07 Å². The number of hydrogen-bond acceptors (Lipinski definition) is 3. The smallest absolute Gasteiger partial charge is 0.142 e. The third kappa shape index (κ3) is 3.19. The second kappa shape index (κ2) is 5.05. The van der Waals surface area contributed by atoms with Crippen molar-refractivity contribution >= 4 is 0 Å². The molecule has 1 aliphatic carbocycles. The summed E-state index contributed by atoms with van der Waals surface area (Å²) in [6.45, 7) is 5.17. The SMILES string of the molecule is CC1(C)CCC(Oc2cnccc2CN)CC1. The van der Waals surface area contributed by atoms with E-state index in [1.165, 1.54) is 12.8 Å². The van der Waals surface area contributed by atoms with Crippen LogP contribution in [0.4, 0.5) is 0 Å². The minimum atomic E-state index is 0.331. The highest BCUT2D eigenvalue weighted by atomic mass is 16.5. The molecule has 0 amide bonds. The Morgan fingerprint density at radius 3 is 2.76 bits per heavy atom. The molecule has 1 aliphatic rings. The lowest BCUT2D eigenvalue weighted by Gasteiger charge is -2.34. The van der Waals surface area contributed by atoms with Crippen molar-refractivity contribution < 1.29 is 4.74 Å². The fourth-order valence-corrected chi connectivity index (χ4v) is 2.35. The van der Waals surface area contributed by atoms with Crippen molar-refractivity contribution in [1.29, 1.82) is 0 Å². The summed E-state index contributed by atoms with van der Waals surface area (Å²) in [5.74, 6) is 0.861. The third-order valence-corrected chi connectivity index (χ3v) is 3.67. The quantitative estimate of drug-likeness (QED) is 0.874. The van der Waals surface area contributed by atoms with Gasteiger partial charge in [0.2, 0.25) is 0 Å². The van der Waals surface area contributed by atoms with Crippen molar-refractivity contribution in [3.63, 3.8) is 0 Å². The van der Waals surface area contributed by atoms with E-state index < -0.39 is 0 Å². The first-order valence-corrected chi connectivity index (χ1v) is 6.40. The zero-order valence-electron chi connectivity index (χ0n) is 10.8. The van der Waals surface area contributed by atoms with Gasteiger partial charge in [0, 0.05) is 18.3 Å². The number of hydrogen-bond donors (Lipinski definition) is 1. The first-order chi connectivity index (χ1) is 8.11. The van der Waals surface area contributed by atoms with Gasteiger partial charge in [-0.2, -0.15) is 0 Å². The lowest BCUT2D eigenvalue weighted by Crippen LogP contribution is -2.28. The molecule has 0 radical (unpaired) electrons. The molecule has 1 aromatic rings. The Hall–Kier alpha value is -1.09. The zero-order valence-corrected chi connectivity index (χ0v) is 10.8. The third-order valence-electron chi connectivity index (χ3n) is 3.67. The average molecular weight is 234 g/mol. The number of nitrogens with two attached hydrogens (primary N) is 1. The maximum Gasteiger partial charge on any atom is 0.142 e. The highest BCUT2D eigenvalue weighted by Gasteiger charge is 2.28. The van der Waals surface area contributed by atoms with Crippen LogP contribution in [0.2, 0.25) is 0 Å². The molecule has 3 nitrogen and oxygen atoms in total. The minimum absolute atomic E-state index is 0.331. The Bertz CT molecular complexity index is 366. The van der Waals surface area contributed by atoms with Crippen LogP contribution in [0.1, 0.15) is 45.1 Å². The first kappa shape index (κ1) is 12.4. The van der Waals surface area contributed by atoms with E-state index >= 15 is 0 Å². The summed E-state index contributed by atoms with van der Waals surface area (Å²) in [5.41, 5.74) is 7.21. The van der Waals surface area contributed by atoms with Gasteiger partial charge in [-0.3, -0.25) is 4.98 Å². The van der Waals surface area contributed by atoms with Crippen LogP contribution >= 0.6 is 0 Å². The molecule has 0 aliphatic heterocycles. The summed E-state index contributed by atoms with van der Waals surface area (Å²) >= 11 is 0. The van der Waals surface area contributed by atoms with Gasteiger partial charge >= 0.3 is 0 Å². The maximum absolute atomic E-state index is 6.03. The predicted octanol–water partition coefficient (Wildman–Crippen LogP) is 2.89. The van der Waals surface area contributed by atoms with E-state index in [0.29, 0.717) is 18.1 Å². The van der Waals surface area contributed by atoms with Crippen LogP contribution in [0.3, 0.4) is 0 Å². The molecule has 0 atom stereocenters. The average Bonchev–Trinajstić information content (AvgIpc) is 2.32. The summed E-state index contributed by atoms with van der Waals surface area (Å²) in [7, 11) is 0. The van der Waals surface area contributed by atoms with Crippen LogP contribution in [0.15, 0.2) is 18.5 Å². The molecule has 2 rings (SSSR count). The van der Waals surface area contributed by atoms with Crippen LogP contribution in [0, 0.1) is 5.41 Å². The van der Waals surface area contributed by atoms with Crippen LogP contribution in [0.25, 0.3) is 0 Å². The molecule has 1 saturated carbocycles. The van der Waals surface area contributed by atoms with Crippen LogP contribution in [-0.4, -0.2) is 11.1 Å². The minimum Gasteiger partial charge on any atom is -0.488 e. The Morgan fingerprint density at radius 2 is 2.12 bits per heavy atom. The number of ether oxygens (including phenoxy) is 1. The first-order valence-electron chi connectivity index (χ1n) is 6.40. The van der Waals surface area contributed by atoms with E-state index in [1.54, 1.807) is 12.4 Å². The number of rotatable bonds is 3. The number of nitrogens with zero attached hydrogens (tertiary/aromatic N) is 1. The Morgan fingerprint density at radius 1 is 1.41 bits per heavy atom. The van der Waals surface area contributed by atoms with Gasteiger partial charge in [0.25, 0.3) is 0 Å². The predicted molar refractivity (Wildman–Crippen MR) is 68.8 cm³/mol. The zero-order chi connectivity index (χ0) is 12.3. The van der Waals surface area contributed by atoms with E-state index in [9.17, 15) is 0 Å². The fourth-order valence-electron chi connectivity index (χ4n) is 2.35. The lowest BCUT2D eigenvalue weighted by atomic mass is 9.76. The molecule has 1 heterocycles. The molecule has 1 fully saturated rings. The van der Waals surface area contributed by atoms with Crippen molar-refractivity contribution in [3.05, 3.63) is 24.0 Å². The summed E-state index contributed by atoms with van der Waals surface area (Å²) < 4.78 is 6.03. The van der Waals surface area contributed by atoms with Gasteiger partial charge in [-0.15, -0.1) is 0 Å². The largest absolute Gasteiger partial charge is 0.488 e. The number of pyridine rings is 1. The summed E-state index contributed by atoms with van der Waals surface area (Å²) in [6.07, 6.45) is 8.60. The fraction of sp³-hybridized carbons (Fsp3) is 0.643. The lowest BCUT2D eigenvalue weighted by molar-refractivity contribution is 0.0976. The molecule has 1 aromatic heterocycles. The van der Waals surface area contributed by atoms with Crippen LogP contribution in [0.5, 0.6) is 5.75 Å². The molecule has 0 bridgehead atoms. The number of aromatic nitrogens is 1. The van der Waals surface area contributed by atoms with Gasteiger partial charge in [0.15, 0.2) is 0 Å². The second-order valence-electron chi connectivity index (χ2n) is 5.67. The van der Waals surface area contributed by atoms with Crippen molar-refractivity contribution in [2.24, 2.45) is 11.1 Å². The van der Waals surface area contributed by atoms with Crippen LogP contribution < -0.4 is 10.5 Å². The Labute approximate surface area is 103 Å². The van der Waals surface area contributed by atoms with Gasteiger partial charge in [0.05, 0.1) is 12.3 Å². The molecule has 0 aromatic carbocycles. The highest BCUT2D eigenvalue weighted by Crippen LogP contribution is 2.36. The van der Waals surface area contributed by atoms with E-state index in [0.717, 1.165) is 24.2 Å². The summed E-state index contributed by atoms with van der Waals surface area (Å²) in [4.78, 5) is 4.11. The molecule has 94 valence electrons. The Kier molecular flexibility index (Phi) is 3.67. The molecular weight excluding hydrogens is 212 g/mol. The maximum atomic E-state index is 6.03. The van der Waals surface area contributed by atoms with E-state index in [-0.39, 0.29) is 0 Å². The summed E-state index contributed by atoms with van der Waals surface area (Å²) in [6, 6.07) is 1.93. The molecule has 2 N–H and O–H groups in total. The van der Waals surface area contributed by atoms with E-state index in [2.05, 4.69) is 18.8 Å². The van der Waals surface area contributed by atoms with E-state index in [4.69, 9.17) is 10.5 Å².